The molecule has 0 fully saturated rings. The van der Waals surface area contributed by atoms with Gasteiger partial charge in [-0.1, -0.05) is 23.7 Å². The summed E-state index contributed by atoms with van der Waals surface area (Å²) in [6, 6.07) is 11.8. The van der Waals surface area contributed by atoms with Crippen molar-refractivity contribution in [3.05, 3.63) is 65.4 Å². The zero-order valence-corrected chi connectivity index (χ0v) is 12.5. The van der Waals surface area contributed by atoms with E-state index < -0.39 is 10.0 Å². The molecule has 0 saturated heterocycles. The van der Waals surface area contributed by atoms with Gasteiger partial charge in [-0.2, -0.15) is 5.10 Å². The molecule has 0 saturated carbocycles. The summed E-state index contributed by atoms with van der Waals surface area (Å²) in [5.74, 6) is 0. The molecular weight excluding hydrogens is 310 g/mol. The van der Waals surface area contributed by atoms with Gasteiger partial charge >= 0.3 is 0 Å². The Bertz CT molecular complexity index is 890. The first-order valence-electron chi connectivity index (χ1n) is 6.23. The van der Waals surface area contributed by atoms with Gasteiger partial charge in [0.1, 0.15) is 0 Å². The van der Waals surface area contributed by atoms with Crippen molar-refractivity contribution in [3.63, 3.8) is 0 Å². The predicted octanol–water partition coefficient (Wildman–Crippen LogP) is 2.47. The van der Waals surface area contributed by atoms with E-state index in [4.69, 9.17) is 11.6 Å². The van der Waals surface area contributed by atoms with Crippen molar-refractivity contribution in [3.8, 4) is 0 Å². The third-order valence-corrected chi connectivity index (χ3v) is 4.70. The number of aromatic nitrogens is 2. The van der Waals surface area contributed by atoms with Crippen LogP contribution in [0, 0.1) is 0 Å². The van der Waals surface area contributed by atoms with Crippen molar-refractivity contribution in [1.82, 2.24) is 14.3 Å². The Morgan fingerprint density at radius 2 is 2.05 bits per heavy atom. The fourth-order valence-corrected chi connectivity index (χ4v) is 3.32. The van der Waals surface area contributed by atoms with Crippen LogP contribution in [0.25, 0.3) is 5.52 Å². The lowest BCUT2D eigenvalue weighted by Crippen LogP contribution is -2.23. The number of sulfonamides is 1. The molecule has 0 aliphatic heterocycles. The van der Waals surface area contributed by atoms with Crippen molar-refractivity contribution in [2.24, 2.45) is 0 Å². The van der Waals surface area contributed by atoms with E-state index in [0.717, 1.165) is 11.1 Å². The third-order valence-electron chi connectivity index (χ3n) is 3.07. The topological polar surface area (TPSA) is 63.5 Å². The number of nitrogens with one attached hydrogen (secondary N) is 1. The van der Waals surface area contributed by atoms with Crippen molar-refractivity contribution < 1.29 is 8.42 Å². The minimum absolute atomic E-state index is 0.145. The van der Waals surface area contributed by atoms with E-state index in [9.17, 15) is 8.42 Å². The van der Waals surface area contributed by atoms with Gasteiger partial charge < -0.3 is 0 Å². The van der Waals surface area contributed by atoms with Crippen molar-refractivity contribution in [2.75, 3.05) is 0 Å². The van der Waals surface area contributed by atoms with Crippen LogP contribution in [-0.2, 0) is 16.6 Å². The number of rotatable bonds is 4. The second-order valence-electron chi connectivity index (χ2n) is 4.48. The first kappa shape index (κ1) is 14.1. The van der Waals surface area contributed by atoms with Crippen LogP contribution < -0.4 is 4.72 Å². The lowest BCUT2D eigenvalue weighted by atomic mass is 10.3. The standard InChI is InChI=1S/C14H12ClN3O2S/c15-12-4-3-5-13(8-12)21(19,20)17-10-11-9-16-18-7-2-1-6-14(11)18/h1-9,17H,10H2. The molecule has 0 radical (unpaired) electrons. The summed E-state index contributed by atoms with van der Waals surface area (Å²) in [6.45, 7) is 0.169. The van der Waals surface area contributed by atoms with Crippen molar-refractivity contribution >= 4 is 27.1 Å². The number of fused-ring (bicyclic) bond motifs is 1. The smallest absolute Gasteiger partial charge is 0.240 e. The number of pyridine rings is 1. The molecule has 7 heteroatoms. The molecule has 1 aromatic carbocycles. The monoisotopic (exact) mass is 321 g/mol. The van der Waals surface area contributed by atoms with E-state index >= 15 is 0 Å². The molecule has 2 heterocycles. The Morgan fingerprint density at radius 3 is 2.86 bits per heavy atom. The highest BCUT2D eigenvalue weighted by atomic mass is 35.5. The molecule has 1 N–H and O–H groups in total. The summed E-state index contributed by atoms with van der Waals surface area (Å²) in [5.41, 5.74) is 1.67. The minimum atomic E-state index is -3.60. The second kappa shape index (κ2) is 5.48. The zero-order valence-electron chi connectivity index (χ0n) is 10.9. The molecule has 0 amide bonds. The van der Waals surface area contributed by atoms with Crippen molar-refractivity contribution in [1.29, 1.82) is 0 Å². The average Bonchev–Trinajstić information content (AvgIpc) is 2.88. The zero-order chi connectivity index (χ0) is 14.9. The summed E-state index contributed by atoms with van der Waals surface area (Å²) in [6.07, 6.45) is 3.46. The maximum Gasteiger partial charge on any atom is 0.240 e. The fraction of sp³-hybridized carbons (Fsp3) is 0.0714. The van der Waals surface area contributed by atoms with Gasteiger partial charge in [0.05, 0.1) is 16.6 Å². The minimum Gasteiger partial charge on any atom is -0.241 e. The summed E-state index contributed by atoms with van der Waals surface area (Å²) in [7, 11) is -3.60. The highest BCUT2D eigenvalue weighted by Crippen LogP contribution is 2.16. The van der Waals surface area contributed by atoms with Gasteiger partial charge in [0.25, 0.3) is 0 Å². The molecular formula is C14H12ClN3O2S. The van der Waals surface area contributed by atoms with Crippen LogP contribution in [0.15, 0.2) is 59.8 Å². The Morgan fingerprint density at radius 1 is 1.19 bits per heavy atom. The van der Waals surface area contributed by atoms with E-state index in [2.05, 4.69) is 9.82 Å². The molecule has 0 unspecified atom stereocenters. The molecule has 3 rings (SSSR count). The van der Waals surface area contributed by atoms with Gasteiger partial charge in [-0.15, -0.1) is 0 Å². The second-order valence-corrected chi connectivity index (χ2v) is 6.69. The normalized spacial score (nSPS) is 11.9. The summed E-state index contributed by atoms with van der Waals surface area (Å²) in [5, 5.41) is 4.55. The maximum atomic E-state index is 12.2. The number of hydrogen-bond acceptors (Lipinski definition) is 3. The maximum absolute atomic E-state index is 12.2. The highest BCUT2D eigenvalue weighted by Gasteiger charge is 2.15. The predicted molar refractivity (Wildman–Crippen MR) is 80.7 cm³/mol. The molecule has 0 spiro atoms. The fourth-order valence-electron chi connectivity index (χ4n) is 2.01. The molecule has 21 heavy (non-hydrogen) atoms. The van der Waals surface area contributed by atoms with Gasteiger partial charge in [-0.25, -0.2) is 17.7 Å². The van der Waals surface area contributed by atoms with Crippen LogP contribution in [0.3, 0.4) is 0 Å². The van der Waals surface area contributed by atoms with Crippen LogP contribution in [0.1, 0.15) is 5.56 Å². The van der Waals surface area contributed by atoms with Crippen LogP contribution >= 0.6 is 11.6 Å². The number of nitrogens with zero attached hydrogens (tertiary/aromatic N) is 2. The molecule has 0 atom stereocenters. The molecule has 2 aromatic heterocycles. The summed E-state index contributed by atoms with van der Waals surface area (Å²) < 4.78 is 28.7. The Labute approximate surface area is 127 Å². The SMILES string of the molecule is O=S(=O)(NCc1cnn2ccccc12)c1cccc(Cl)c1. The molecule has 0 bridgehead atoms. The average molecular weight is 322 g/mol. The van der Waals surface area contributed by atoms with Gasteiger partial charge in [0, 0.05) is 23.3 Å². The summed E-state index contributed by atoms with van der Waals surface area (Å²) in [4.78, 5) is 0.145. The lowest BCUT2D eigenvalue weighted by Gasteiger charge is -2.06. The van der Waals surface area contributed by atoms with E-state index in [1.165, 1.54) is 12.1 Å². The van der Waals surface area contributed by atoms with E-state index in [0.29, 0.717) is 5.02 Å². The summed E-state index contributed by atoms with van der Waals surface area (Å²) >= 11 is 5.82. The molecule has 0 aliphatic carbocycles. The largest absolute Gasteiger partial charge is 0.241 e. The van der Waals surface area contributed by atoms with Crippen LogP contribution in [0.2, 0.25) is 5.02 Å². The Hall–Kier alpha value is -1.89. The lowest BCUT2D eigenvalue weighted by molar-refractivity contribution is 0.581. The molecule has 3 aromatic rings. The Kier molecular flexibility index (Phi) is 3.67. The van der Waals surface area contributed by atoms with Gasteiger partial charge in [0.2, 0.25) is 10.0 Å². The third kappa shape index (κ3) is 2.92. The van der Waals surface area contributed by atoms with Crippen molar-refractivity contribution in [2.45, 2.75) is 11.4 Å². The highest BCUT2D eigenvalue weighted by molar-refractivity contribution is 7.89. The first-order chi connectivity index (χ1) is 10.1. The first-order valence-corrected chi connectivity index (χ1v) is 8.09. The van der Waals surface area contributed by atoms with Crippen LogP contribution in [-0.4, -0.2) is 18.0 Å². The number of hydrogen-bond donors (Lipinski definition) is 1. The van der Waals surface area contributed by atoms with Gasteiger partial charge in [-0.05, 0) is 30.3 Å². The van der Waals surface area contributed by atoms with E-state index in [1.807, 2.05) is 24.4 Å². The van der Waals surface area contributed by atoms with E-state index in [-0.39, 0.29) is 11.4 Å². The van der Waals surface area contributed by atoms with Crippen LogP contribution in [0.4, 0.5) is 0 Å². The Balaban J connectivity index is 1.84. The number of benzene rings is 1. The molecule has 0 aliphatic rings. The molecule has 5 nitrogen and oxygen atoms in total. The van der Waals surface area contributed by atoms with Gasteiger partial charge in [0.15, 0.2) is 0 Å². The van der Waals surface area contributed by atoms with Crippen LogP contribution in [0.5, 0.6) is 0 Å². The van der Waals surface area contributed by atoms with Gasteiger partial charge in [-0.3, -0.25) is 0 Å². The quantitative estimate of drug-likeness (QED) is 0.803. The molecule has 108 valence electrons. The number of halogens is 1. The van der Waals surface area contributed by atoms with E-state index in [1.54, 1.807) is 22.8 Å².